The third kappa shape index (κ3) is 6.17. The summed E-state index contributed by atoms with van der Waals surface area (Å²) >= 11 is 0. The van der Waals surface area contributed by atoms with Gasteiger partial charge in [-0.3, -0.25) is 4.79 Å². The first-order valence-corrected chi connectivity index (χ1v) is 22.4. The SMILES string of the molecule is O=C(c1ncc(F)cc1N1CCC2(CC(O)c3cc(-c4ccccc4C4(F)CC4)ccc32)C1)c1ncc(F)cc1N1CCC2(CC(O)c3cc(-c4ccccc4C4(F)CC4)ccc32)C1. The maximum absolute atomic E-state index is 15.4. The molecule has 2 aliphatic heterocycles. The highest BCUT2D eigenvalue weighted by Crippen LogP contribution is 2.57. The molecule has 7 nitrogen and oxygen atoms in total. The number of ketones is 1. The Morgan fingerprint density at radius 2 is 0.984 bits per heavy atom. The van der Waals surface area contributed by atoms with E-state index in [0.717, 1.165) is 56.9 Å². The number of aliphatic hydroxyl groups excluding tert-OH is 2. The van der Waals surface area contributed by atoms with Crippen LogP contribution in [0.4, 0.5) is 28.9 Å². The molecule has 0 amide bonds. The second-order valence-corrected chi connectivity index (χ2v) is 19.3. The van der Waals surface area contributed by atoms with E-state index in [0.29, 0.717) is 100 Å². The summed E-state index contributed by atoms with van der Waals surface area (Å²) in [5.74, 6) is -1.79. The van der Waals surface area contributed by atoms with Crippen molar-refractivity contribution in [1.82, 2.24) is 9.97 Å². The van der Waals surface area contributed by atoms with Gasteiger partial charge in [0, 0.05) is 49.1 Å². The number of nitrogens with zero attached hydrogens (tertiary/aromatic N) is 4. The van der Waals surface area contributed by atoms with Crippen LogP contribution in [0.15, 0.2) is 109 Å². The zero-order valence-corrected chi connectivity index (χ0v) is 35.1. The van der Waals surface area contributed by atoms with Crippen LogP contribution >= 0.6 is 0 Å². The Hall–Kier alpha value is -5.91. The van der Waals surface area contributed by atoms with Gasteiger partial charge in [-0.15, -0.1) is 0 Å². The lowest BCUT2D eigenvalue weighted by Gasteiger charge is -2.28. The Morgan fingerprint density at radius 1 is 0.562 bits per heavy atom. The van der Waals surface area contributed by atoms with E-state index >= 15 is 17.6 Å². The molecule has 0 bridgehead atoms. The first-order chi connectivity index (χ1) is 30.9. The van der Waals surface area contributed by atoms with Crippen molar-refractivity contribution in [1.29, 1.82) is 0 Å². The van der Waals surface area contributed by atoms with Crippen LogP contribution in [0.1, 0.15) is 113 Å². The van der Waals surface area contributed by atoms with Gasteiger partial charge in [0.2, 0.25) is 5.78 Å². The highest BCUT2D eigenvalue weighted by Gasteiger charge is 2.51. The fourth-order valence-electron chi connectivity index (χ4n) is 11.9. The average molecular weight is 863 g/mol. The molecule has 4 fully saturated rings. The van der Waals surface area contributed by atoms with Crippen molar-refractivity contribution < 1.29 is 32.6 Å². The molecule has 324 valence electrons. The van der Waals surface area contributed by atoms with Crippen molar-refractivity contribution in [3.8, 4) is 22.3 Å². The summed E-state index contributed by atoms with van der Waals surface area (Å²) < 4.78 is 61.1. The summed E-state index contributed by atoms with van der Waals surface area (Å²) in [6, 6.07) is 29.7. The lowest BCUT2D eigenvalue weighted by Crippen LogP contribution is -2.31. The highest BCUT2D eigenvalue weighted by molar-refractivity contribution is 6.13. The van der Waals surface area contributed by atoms with E-state index in [1.807, 2.05) is 94.7 Å². The van der Waals surface area contributed by atoms with E-state index in [9.17, 15) is 15.0 Å². The van der Waals surface area contributed by atoms with Crippen LogP contribution in [-0.2, 0) is 22.2 Å². The number of halogens is 4. The van der Waals surface area contributed by atoms with E-state index in [-0.39, 0.29) is 11.4 Å². The molecule has 4 unspecified atom stereocenters. The predicted octanol–water partition coefficient (Wildman–Crippen LogP) is 10.4. The van der Waals surface area contributed by atoms with E-state index in [2.05, 4.69) is 9.97 Å². The van der Waals surface area contributed by atoms with Crippen LogP contribution in [-0.4, -0.2) is 52.1 Å². The Morgan fingerprint density at radius 3 is 1.41 bits per heavy atom. The quantitative estimate of drug-likeness (QED) is 0.116. The summed E-state index contributed by atoms with van der Waals surface area (Å²) in [6.07, 6.45) is 4.64. The van der Waals surface area contributed by atoms with Crippen molar-refractivity contribution in [3.63, 3.8) is 0 Å². The number of hydrogen-bond acceptors (Lipinski definition) is 7. The van der Waals surface area contributed by atoms with Crippen LogP contribution in [0.3, 0.4) is 0 Å². The summed E-state index contributed by atoms with van der Waals surface area (Å²) in [6.45, 7) is 1.73. The molecular weight excluding hydrogens is 817 g/mol. The Bertz CT molecular complexity index is 2740. The molecule has 2 saturated carbocycles. The molecule has 2 aromatic heterocycles. The smallest absolute Gasteiger partial charge is 0.233 e. The van der Waals surface area contributed by atoms with Gasteiger partial charge in [-0.25, -0.2) is 27.5 Å². The Kier molecular flexibility index (Phi) is 8.70. The van der Waals surface area contributed by atoms with Gasteiger partial charge in [0.05, 0.1) is 36.0 Å². The molecular formula is C53H46F4N4O3. The van der Waals surface area contributed by atoms with Crippen molar-refractivity contribution in [2.45, 2.75) is 85.7 Å². The molecule has 64 heavy (non-hydrogen) atoms. The minimum absolute atomic E-state index is 0.00521. The third-order valence-electron chi connectivity index (χ3n) is 15.4. The molecule has 2 saturated heterocycles. The number of hydrogen-bond donors (Lipinski definition) is 2. The second-order valence-electron chi connectivity index (χ2n) is 19.3. The summed E-state index contributed by atoms with van der Waals surface area (Å²) in [5.41, 5.74) is 5.22. The molecule has 6 aliphatic rings. The van der Waals surface area contributed by atoms with Crippen LogP contribution in [0.2, 0.25) is 0 Å². The van der Waals surface area contributed by atoms with Gasteiger partial charge >= 0.3 is 0 Å². The van der Waals surface area contributed by atoms with Crippen LogP contribution in [0, 0.1) is 11.6 Å². The topological polar surface area (TPSA) is 89.8 Å². The van der Waals surface area contributed by atoms with Gasteiger partial charge in [-0.1, -0.05) is 72.8 Å². The number of rotatable bonds is 8. The zero-order valence-electron chi connectivity index (χ0n) is 35.1. The van der Waals surface area contributed by atoms with Crippen molar-refractivity contribution in [2.75, 3.05) is 36.0 Å². The van der Waals surface area contributed by atoms with Gasteiger partial charge in [0.25, 0.3) is 0 Å². The Balaban J connectivity index is 0.829. The van der Waals surface area contributed by atoms with E-state index in [4.69, 9.17) is 0 Å². The van der Waals surface area contributed by atoms with Crippen LogP contribution in [0.25, 0.3) is 22.3 Å². The lowest BCUT2D eigenvalue weighted by molar-refractivity contribution is 0.103. The van der Waals surface area contributed by atoms with Crippen LogP contribution < -0.4 is 9.80 Å². The van der Waals surface area contributed by atoms with Crippen LogP contribution in [0.5, 0.6) is 0 Å². The zero-order chi connectivity index (χ0) is 43.8. The summed E-state index contributed by atoms with van der Waals surface area (Å²) in [7, 11) is 0. The summed E-state index contributed by atoms with van der Waals surface area (Å²) in [5, 5.41) is 23.0. The molecule has 2 spiro atoms. The minimum Gasteiger partial charge on any atom is -0.388 e. The molecule has 11 heteroatoms. The standard InChI is InChI=1S/C53H46F4N4O3/c54-33-23-43(60-19-17-50(29-60)25-45(62)37-21-31(9-11-39(37)50)35-5-1-3-7-41(35)52(56)13-14-52)47(58-27-33)49(64)48-44(24-34(55)28-59-48)61-20-18-51(30-61)26-46(63)38-22-32(10-12-40(38)51)36-6-2-4-8-42(36)53(57)15-16-53/h1-12,21-24,27-28,45-46,62-63H,13-20,25-26,29-30H2. The van der Waals surface area contributed by atoms with Gasteiger partial charge < -0.3 is 20.0 Å². The van der Waals surface area contributed by atoms with Gasteiger partial charge in [0.1, 0.15) is 34.4 Å². The number of carbonyl (C=O) groups is 1. The average Bonchev–Trinajstić information content (AvgIpc) is 4.04. The molecule has 4 aromatic carbocycles. The van der Waals surface area contributed by atoms with Gasteiger partial charge in [-0.05, 0) is 119 Å². The van der Waals surface area contributed by atoms with Crippen molar-refractivity contribution >= 4 is 17.2 Å². The number of aliphatic hydroxyl groups is 2. The highest BCUT2D eigenvalue weighted by atomic mass is 19.2. The fraction of sp³-hybridized carbons (Fsp3) is 0.340. The van der Waals surface area contributed by atoms with E-state index in [1.165, 1.54) is 12.1 Å². The monoisotopic (exact) mass is 862 g/mol. The lowest BCUT2D eigenvalue weighted by atomic mass is 9.80. The first-order valence-electron chi connectivity index (χ1n) is 22.4. The molecule has 0 radical (unpaired) electrons. The predicted molar refractivity (Wildman–Crippen MR) is 236 cm³/mol. The summed E-state index contributed by atoms with van der Waals surface area (Å²) in [4.78, 5) is 27.4. The van der Waals surface area contributed by atoms with Gasteiger partial charge in [-0.2, -0.15) is 0 Å². The molecule has 4 aliphatic carbocycles. The number of carbonyl (C=O) groups excluding carboxylic acids is 1. The fourth-order valence-corrected chi connectivity index (χ4v) is 11.9. The molecule has 4 heterocycles. The molecule has 2 N–H and O–H groups in total. The number of alkyl halides is 2. The third-order valence-corrected chi connectivity index (χ3v) is 15.4. The number of benzene rings is 4. The normalized spacial score (nSPS) is 25.6. The number of pyridine rings is 2. The number of aromatic nitrogens is 2. The maximum Gasteiger partial charge on any atom is 0.233 e. The van der Waals surface area contributed by atoms with Gasteiger partial charge in [0.15, 0.2) is 0 Å². The van der Waals surface area contributed by atoms with Crippen molar-refractivity contribution in [3.05, 3.63) is 166 Å². The van der Waals surface area contributed by atoms with E-state index in [1.54, 1.807) is 0 Å². The molecule has 12 rings (SSSR count). The van der Waals surface area contributed by atoms with Crippen molar-refractivity contribution in [2.24, 2.45) is 0 Å². The largest absolute Gasteiger partial charge is 0.388 e. The number of anilines is 2. The number of fused-ring (bicyclic) bond motifs is 4. The van der Waals surface area contributed by atoms with E-state index < -0.39 is 51.8 Å². The maximum atomic E-state index is 15.4. The minimum atomic E-state index is -1.32. The second kappa shape index (κ2) is 14.0. The first kappa shape index (κ1) is 39.7. The Labute approximate surface area is 368 Å². The molecule has 6 aromatic rings. The molecule has 4 atom stereocenters.